The van der Waals surface area contributed by atoms with Crippen molar-refractivity contribution in [3.63, 3.8) is 0 Å². The van der Waals surface area contributed by atoms with Gasteiger partial charge in [-0.3, -0.25) is 0 Å². The second-order valence-electron chi connectivity index (χ2n) is 13.9. The van der Waals surface area contributed by atoms with Crippen LogP contribution in [-0.4, -0.2) is 55.0 Å². The number of nitrogens with two attached hydrogens (primary N) is 1. The predicted molar refractivity (Wildman–Crippen MR) is 179 cm³/mol. The van der Waals surface area contributed by atoms with Crippen LogP contribution in [0.25, 0.3) is 11.3 Å². The Bertz CT molecular complexity index is 1230. The van der Waals surface area contributed by atoms with Crippen molar-refractivity contribution in [2.45, 2.75) is 141 Å². The van der Waals surface area contributed by atoms with Gasteiger partial charge in [0.25, 0.3) is 0 Å². The van der Waals surface area contributed by atoms with Crippen LogP contribution in [-0.2, 0) is 13.6 Å². The molecule has 240 valence electrons. The van der Waals surface area contributed by atoms with Crippen LogP contribution in [0.4, 0.5) is 5.82 Å². The highest BCUT2D eigenvalue weighted by Gasteiger charge is 2.52. The van der Waals surface area contributed by atoms with Crippen molar-refractivity contribution in [2.24, 2.45) is 0 Å². The molecule has 0 saturated carbocycles. The highest BCUT2D eigenvalue weighted by Crippen LogP contribution is 2.48. The van der Waals surface area contributed by atoms with Crippen LogP contribution in [0.3, 0.4) is 0 Å². The van der Waals surface area contributed by atoms with Gasteiger partial charge in [-0.05, 0) is 44.8 Å². The topological polar surface area (TPSA) is 121 Å². The molecule has 2 N–H and O–H groups in total. The molecule has 0 unspecified atom stereocenters. The molecule has 1 aliphatic heterocycles. The van der Waals surface area contributed by atoms with Crippen LogP contribution in [0.2, 0.25) is 38.5 Å². The second kappa shape index (κ2) is 14.1. The van der Waals surface area contributed by atoms with Crippen molar-refractivity contribution in [3.8, 4) is 17.3 Å². The third-order valence-corrected chi connectivity index (χ3v) is 22.1. The summed E-state index contributed by atoms with van der Waals surface area (Å²) in [4.78, 5) is 12.7. The van der Waals surface area contributed by atoms with E-state index in [-0.39, 0.29) is 29.0 Å². The van der Waals surface area contributed by atoms with Crippen molar-refractivity contribution >= 4 is 34.1 Å². The van der Waals surface area contributed by atoms with Gasteiger partial charge in [0.1, 0.15) is 24.2 Å². The summed E-state index contributed by atoms with van der Waals surface area (Å²) in [5.74, 6) is 0.177. The molecule has 0 bridgehead atoms. The molecule has 12 heteroatoms. The van der Waals surface area contributed by atoms with Gasteiger partial charge in [-0.15, -0.1) is 0 Å². The fourth-order valence-electron chi connectivity index (χ4n) is 8.02. The van der Waals surface area contributed by atoms with Crippen LogP contribution in [0.5, 0.6) is 0 Å². The number of rotatable bonds is 13. The zero-order valence-corrected chi connectivity index (χ0v) is 30.9. The predicted octanol–water partition coefficient (Wildman–Crippen LogP) is 8.49. The average molecular weight is 649 g/mol. The maximum absolute atomic E-state index is 9.94. The third-order valence-electron chi connectivity index (χ3n) is 9.70. The highest BCUT2D eigenvalue weighted by molar-refractivity contribution is 6.78. The van der Waals surface area contributed by atoms with Gasteiger partial charge in [0.2, 0.25) is 13.6 Å². The first-order valence-corrected chi connectivity index (χ1v) is 20.4. The van der Waals surface area contributed by atoms with E-state index < -0.39 is 22.9 Å². The van der Waals surface area contributed by atoms with Crippen LogP contribution >= 0.6 is 11.6 Å². The minimum absolute atomic E-state index is 0.0408. The number of hydrogen-bond donors (Lipinski definition) is 1. The SMILES string of the molecule is CC(C)[Si](OC[C@H]1O[C@@H](n2cnc(C#N)c2-c2cnc(Cl)nc2N)C[C@H]1O[Si](C(C)C)(C(C)C)C(C)C)(C(C)C)C(C)C. The normalized spacial score (nSPS) is 20.0. The Morgan fingerprint density at radius 1 is 0.953 bits per heavy atom. The van der Waals surface area contributed by atoms with Crippen LogP contribution in [0.1, 0.15) is 101 Å². The zero-order chi connectivity index (χ0) is 32.4. The van der Waals surface area contributed by atoms with Gasteiger partial charge in [-0.25, -0.2) is 15.0 Å². The lowest BCUT2D eigenvalue weighted by Crippen LogP contribution is -2.53. The van der Waals surface area contributed by atoms with Gasteiger partial charge < -0.3 is 23.9 Å². The summed E-state index contributed by atoms with van der Waals surface area (Å²) in [6, 6.07) is 2.19. The summed E-state index contributed by atoms with van der Waals surface area (Å²) in [6.07, 6.45) is 2.87. The number of nitrogens with zero attached hydrogens (tertiary/aromatic N) is 5. The first kappa shape index (κ1) is 35.7. The Morgan fingerprint density at radius 3 is 1.95 bits per heavy atom. The summed E-state index contributed by atoms with van der Waals surface area (Å²) >= 11 is 6.00. The van der Waals surface area contributed by atoms with Crippen molar-refractivity contribution in [1.29, 1.82) is 5.26 Å². The molecule has 3 atom stereocenters. The van der Waals surface area contributed by atoms with Gasteiger partial charge in [-0.1, -0.05) is 83.1 Å². The van der Waals surface area contributed by atoms with E-state index in [4.69, 9.17) is 30.9 Å². The fourth-order valence-corrected chi connectivity index (χ4v) is 19.2. The van der Waals surface area contributed by atoms with E-state index in [2.05, 4.69) is 104 Å². The molecule has 1 fully saturated rings. The smallest absolute Gasteiger partial charge is 0.224 e. The number of halogens is 1. The summed E-state index contributed by atoms with van der Waals surface area (Å²) in [5, 5.41) is 9.98. The number of nitrogen functional groups attached to an aromatic ring is 1. The van der Waals surface area contributed by atoms with E-state index in [9.17, 15) is 5.26 Å². The van der Waals surface area contributed by atoms with E-state index in [1.165, 1.54) is 6.20 Å². The lowest BCUT2D eigenvalue weighted by molar-refractivity contribution is -0.0401. The molecule has 0 aliphatic carbocycles. The molecule has 1 aliphatic rings. The van der Waals surface area contributed by atoms with Crippen molar-refractivity contribution in [1.82, 2.24) is 19.5 Å². The molecule has 2 aromatic rings. The van der Waals surface area contributed by atoms with Crippen LogP contribution in [0.15, 0.2) is 12.5 Å². The van der Waals surface area contributed by atoms with Crippen LogP contribution < -0.4 is 5.73 Å². The molecule has 9 nitrogen and oxygen atoms in total. The first-order valence-electron chi connectivity index (χ1n) is 15.8. The molecule has 3 heterocycles. The molecule has 0 radical (unpaired) electrons. The molecule has 2 aromatic heterocycles. The van der Waals surface area contributed by atoms with Gasteiger partial charge in [-0.2, -0.15) is 5.26 Å². The number of hydrogen-bond acceptors (Lipinski definition) is 8. The molecule has 3 rings (SSSR count). The Hall–Kier alpha value is -1.82. The summed E-state index contributed by atoms with van der Waals surface area (Å²) in [7, 11) is -4.42. The third kappa shape index (κ3) is 6.75. The minimum Gasteiger partial charge on any atom is -0.413 e. The quantitative estimate of drug-likeness (QED) is 0.169. The highest BCUT2D eigenvalue weighted by atomic mass is 35.5. The zero-order valence-electron chi connectivity index (χ0n) is 28.2. The Kier molecular flexibility index (Phi) is 11.7. The van der Waals surface area contributed by atoms with E-state index in [1.54, 1.807) is 6.33 Å². The summed E-state index contributed by atoms with van der Waals surface area (Å²) in [5.41, 5.74) is 10.1. The summed E-state index contributed by atoms with van der Waals surface area (Å²) < 4.78 is 23.2. The Labute approximate surface area is 266 Å². The molecule has 0 aromatic carbocycles. The molecular weight excluding hydrogens is 596 g/mol. The lowest BCUT2D eigenvalue weighted by Gasteiger charge is -2.45. The summed E-state index contributed by atoms with van der Waals surface area (Å²) in [6.45, 7) is 28.1. The Balaban J connectivity index is 2.10. The van der Waals surface area contributed by atoms with Gasteiger partial charge in [0.15, 0.2) is 14.0 Å². The van der Waals surface area contributed by atoms with Gasteiger partial charge >= 0.3 is 0 Å². The van der Waals surface area contributed by atoms with E-state index >= 15 is 0 Å². The number of anilines is 1. The first-order chi connectivity index (χ1) is 20.0. The largest absolute Gasteiger partial charge is 0.413 e. The fraction of sp³-hybridized carbons (Fsp3) is 0.742. The Morgan fingerprint density at radius 2 is 1.49 bits per heavy atom. The maximum atomic E-state index is 9.94. The molecular formula is C31H53ClN6O3Si2. The van der Waals surface area contributed by atoms with Gasteiger partial charge in [0.05, 0.1) is 30.3 Å². The number of nitriles is 1. The van der Waals surface area contributed by atoms with Gasteiger partial charge in [0, 0.05) is 12.6 Å². The van der Waals surface area contributed by atoms with E-state index in [1.807, 2.05) is 4.57 Å². The van der Waals surface area contributed by atoms with E-state index in [0.29, 0.717) is 57.5 Å². The standard InChI is InChI=1S/C31H53ClN6O3Si2/c1-18(2)42(19(3)4,20(5)6)39-16-27-26(41-43(21(7)8,22(9)10)23(11)12)13-28(40-27)38-17-36-25(14-33)29(38)24-15-35-31(32)37-30(24)34/h15,17-23,26-28H,13,16H2,1-12H3,(H2,34,35,37)/t26-,27-,28-/m1/s1. The monoisotopic (exact) mass is 648 g/mol. The van der Waals surface area contributed by atoms with E-state index in [0.717, 1.165) is 0 Å². The average Bonchev–Trinajstić information content (AvgIpc) is 3.50. The lowest BCUT2D eigenvalue weighted by atomic mass is 10.1. The number of ether oxygens (including phenoxy) is 1. The maximum Gasteiger partial charge on any atom is 0.224 e. The molecule has 0 spiro atoms. The van der Waals surface area contributed by atoms with Crippen LogP contribution in [0, 0.1) is 11.3 Å². The number of aromatic nitrogens is 4. The molecule has 1 saturated heterocycles. The van der Waals surface area contributed by atoms with Crippen molar-refractivity contribution in [2.75, 3.05) is 12.3 Å². The van der Waals surface area contributed by atoms with Crippen molar-refractivity contribution < 1.29 is 13.6 Å². The molecule has 43 heavy (non-hydrogen) atoms. The number of imidazole rings is 1. The minimum atomic E-state index is -2.26. The van der Waals surface area contributed by atoms with Crippen molar-refractivity contribution in [3.05, 3.63) is 23.5 Å². The second-order valence-corrected chi connectivity index (χ2v) is 25.1. The molecule has 0 amide bonds.